The van der Waals surface area contributed by atoms with Crippen molar-refractivity contribution < 1.29 is 4.39 Å². The molecule has 3 nitrogen and oxygen atoms in total. The highest BCUT2D eigenvalue weighted by Gasteiger charge is 2.17. The molecule has 1 heterocycles. The molecule has 88 valence electrons. The molecule has 1 aromatic carbocycles. The predicted octanol–water partition coefficient (Wildman–Crippen LogP) is 2.08. The van der Waals surface area contributed by atoms with Gasteiger partial charge in [0.1, 0.15) is 5.82 Å². The van der Waals surface area contributed by atoms with Crippen molar-refractivity contribution in [2.75, 3.05) is 0 Å². The topological polar surface area (TPSA) is 50.9 Å². The van der Waals surface area contributed by atoms with Crippen LogP contribution in [0.1, 0.15) is 22.9 Å². The molecule has 1 atom stereocenters. The second-order valence-corrected chi connectivity index (χ2v) is 3.88. The Bertz CT molecular complexity index is 514. The fraction of sp³-hybridized carbons (Fsp3) is 0.154. The molecule has 0 saturated heterocycles. The van der Waals surface area contributed by atoms with Gasteiger partial charge in [0.2, 0.25) is 0 Å². The molecule has 2 rings (SSSR count). The number of hydrogen-bond donors (Lipinski definition) is 2. The van der Waals surface area contributed by atoms with Crippen molar-refractivity contribution in [3.05, 3.63) is 65.2 Å². The number of aryl methyl sites for hydroxylation is 1. The number of nitrogens with one attached hydrogen (secondary N) is 1. The highest BCUT2D eigenvalue weighted by molar-refractivity contribution is 5.30. The summed E-state index contributed by atoms with van der Waals surface area (Å²) in [4.78, 5) is 4.22. The summed E-state index contributed by atoms with van der Waals surface area (Å²) in [5.74, 6) is 5.21. The van der Waals surface area contributed by atoms with Crippen molar-refractivity contribution in [3.8, 4) is 0 Å². The SMILES string of the molecule is Cc1ccnc(C(NN)c2ccccc2F)c1. The van der Waals surface area contributed by atoms with Crippen molar-refractivity contribution >= 4 is 0 Å². The molecule has 1 unspecified atom stereocenters. The van der Waals surface area contributed by atoms with Crippen molar-refractivity contribution in [1.82, 2.24) is 10.4 Å². The molecule has 0 saturated carbocycles. The highest BCUT2D eigenvalue weighted by Crippen LogP contribution is 2.22. The van der Waals surface area contributed by atoms with E-state index in [4.69, 9.17) is 5.84 Å². The van der Waals surface area contributed by atoms with E-state index >= 15 is 0 Å². The monoisotopic (exact) mass is 231 g/mol. The molecule has 1 aromatic heterocycles. The van der Waals surface area contributed by atoms with Gasteiger partial charge in [-0.25, -0.2) is 9.82 Å². The van der Waals surface area contributed by atoms with Gasteiger partial charge in [-0.05, 0) is 30.7 Å². The Balaban J connectivity index is 2.44. The van der Waals surface area contributed by atoms with E-state index in [1.807, 2.05) is 19.1 Å². The van der Waals surface area contributed by atoms with Gasteiger partial charge in [0.05, 0.1) is 11.7 Å². The lowest BCUT2D eigenvalue weighted by Gasteiger charge is -2.16. The molecule has 4 heteroatoms. The third-order valence-electron chi connectivity index (χ3n) is 2.62. The van der Waals surface area contributed by atoms with Crippen LogP contribution in [0.3, 0.4) is 0 Å². The first-order valence-electron chi connectivity index (χ1n) is 5.35. The van der Waals surface area contributed by atoms with Crippen LogP contribution < -0.4 is 11.3 Å². The van der Waals surface area contributed by atoms with Gasteiger partial charge in [-0.2, -0.15) is 0 Å². The maximum atomic E-state index is 13.7. The summed E-state index contributed by atoms with van der Waals surface area (Å²) in [6.45, 7) is 1.96. The van der Waals surface area contributed by atoms with Gasteiger partial charge in [-0.1, -0.05) is 18.2 Å². The lowest BCUT2D eigenvalue weighted by molar-refractivity contribution is 0.553. The number of benzene rings is 1. The van der Waals surface area contributed by atoms with E-state index in [0.29, 0.717) is 11.3 Å². The second kappa shape index (κ2) is 5.03. The fourth-order valence-electron chi connectivity index (χ4n) is 1.76. The quantitative estimate of drug-likeness (QED) is 0.628. The molecular formula is C13H14FN3. The highest BCUT2D eigenvalue weighted by atomic mass is 19.1. The van der Waals surface area contributed by atoms with Crippen LogP contribution in [-0.4, -0.2) is 4.98 Å². The standard InChI is InChI=1S/C13H14FN3/c1-9-6-7-16-12(8-9)13(17-15)10-4-2-3-5-11(10)14/h2-8,13,17H,15H2,1H3. The predicted molar refractivity (Wildman–Crippen MR) is 64.5 cm³/mol. The Morgan fingerprint density at radius 3 is 2.71 bits per heavy atom. The van der Waals surface area contributed by atoms with E-state index in [0.717, 1.165) is 5.56 Å². The molecule has 0 spiro atoms. The number of halogens is 1. The number of hydrogen-bond acceptors (Lipinski definition) is 3. The first-order valence-corrected chi connectivity index (χ1v) is 5.35. The minimum atomic E-state index is -0.434. The molecular weight excluding hydrogens is 217 g/mol. The molecule has 0 aliphatic rings. The van der Waals surface area contributed by atoms with Crippen LogP contribution in [0.2, 0.25) is 0 Å². The van der Waals surface area contributed by atoms with Crippen LogP contribution in [0.15, 0.2) is 42.6 Å². The van der Waals surface area contributed by atoms with Crippen LogP contribution in [0, 0.1) is 12.7 Å². The van der Waals surface area contributed by atoms with Gasteiger partial charge in [0, 0.05) is 11.8 Å². The first kappa shape index (κ1) is 11.7. The zero-order chi connectivity index (χ0) is 12.3. The zero-order valence-electron chi connectivity index (χ0n) is 9.52. The van der Waals surface area contributed by atoms with Crippen molar-refractivity contribution in [1.29, 1.82) is 0 Å². The Morgan fingerprint density at radius 2 is 2.06 bits per heavy atom. The van der Waals surface area contributed by atoms with Crippen LogP contribution in [-0.2, 0) is 0 Å². The molecule has 0 aliphatic carbocycles. The number of hydrazine groups is 1. The van der Waals surface area contributed by atoms with Gasteiger partial charge in [-0.15, -0.1) is 0 Å². The van der Waals surface area contributed by atoms with Crippen molar-refractivity contribution in [2.24, 2.45) is 5.84 Å². The average molecular weight is 231 g/mol. The normalized spacial score (nSPS) is 12.4. The van der Waals surface area contributed by atoms with Gasteiger partial charge in [-0.3, -0.25) is 10.8 Å². The second-order valence-electron chi connectivity index (χ2n) is 3.88. The Kier molecular flexibility index (Phi) is 3.46. The Labute approximate surface area is 99.5 Å². The van der Waals surface area contributed by atoms with E-state index in [1.54, 1.807) is 24.4 Å². The van der Waals surface area contributed by atoms with Gasteiger partial charge >= 0.3 is 0 Å². The van der Waals surface area contributed by atoms with Gasteiger partial charge in [0.15, 0.2) is 0 Å². The summed E-state index contributed by atoms with van der Waals surface area (Å²) in [6, 6.07) is 9.87. The van der Waals surface area contributed by atoms with E-state index < -0.39 is 6.04 Å². The summed E-state index contributed by atoms with van der Waals surface area (Å²) in [7, 11) is 0. The number of nitrogens with zero attached hydrogens (tertiary/aromatic N) is 1. The minimum Gasteiger partial charge on any atom is -0.271 e. The molecule has 2 aromatic rings. The maximum Gasteiger partial charge on any atom is 0.128 e. The summed E-state index contributed by atoms with van der Waals surface area (Å²) >= 11 is 0. The van der Waals surface area contributed by atoms with Crippen molar-refractivity contribution in [3.63, 3.8) is 0 Å². The zero-order valence-corrected chi connectivity index (χ0v) is 9.52. The Hall–Kier alpha value is -1.78. The molecule has 0 aliphatic heterocycles. The Morgan fingerprint density at radius 1 is 1.29 bits per heavy atom. The van der Waals surface area contributed by atoms with Gasteiger partial charge in [0.25, 0.3) is 0 Å². The van der Waals surface area contributed by atoms with Gasteiger partial charge < -0.3 is 0 Å². The lowest BCUT2D eigenvalue weighted by Crippen LogP contribution is -2.30. The average Bonchev–Trinajstić information content (AvgIpc) is 2.33. The number of nitrogens with two attached hydrogens (primary N) is 1. The number of aromatic nitrogens is 1. The summed E-state index contributed by atoms with van der Waals surface area (Å²) in [6.07, 6.45) is 1.69. The third kappa shape index (κ3) is 2.49. The number of rotatable bonds is 3. The molecule has 3 N–H and O–H groups in total. The minimum absolute atomic E-state index is 0.293. The van der Waals surface area contributed by atoms with Crippen LogP contribution in [0.4, 0.5) is 4.39 Å². The number of pyridine rings is 1. The molecule has 0 radical (unpaired) electrons. The lowest BCUT2D eigenvalue weighted by atomic mass is 10.0. The van der Waals surface area contributed by atoms with Crippen LogP contribution >= 0.6 is 0 Å². The summed E-state index contributed by atoms with van der Waals surface area (Å²) < 4.78 is 13.7. The summed E-state index contributed by atoms with van der Waals surface area (Å²) in [5.41, 5.74) is 4.86. The molecule has 0 bridgehead atoms. The van der Waals surface area contributed by atoms with Crippen LogP contribution in [0.5, 0.6) is 0 Å². The third-order valence-corrected chi connectivity index (χ3v) is 2.62. The smallest absolute Gasteiger partial charge is 0.128 e. The first-order chi connectivity index (χ1) is 8.22. The fourth-order valence-corrected chi connectivity index (χ4v) is 1.76. The largest absolute Gasteiger partial charge is 0.271 e. The van der Waals surface area contributed by atoms with E-state index in [-0.39, 0.29) is 5.82 Å². The van der Waals surface area contributed by atoms with Crippen molar-refractivity contribution in [2.45, 2.75) is 13.0 Å². The van der Waals surface area contributed by atoms with E-state index in [2.05, 4.69) is 10.4 Å². The molecule has 17 heavy (non-hydrogen) atoms. The summed E-state index contributed by atoms with van der Waals surface area (Å²) in [5, 5.41) is 0. The maximum absolute atomic E-state index is 13.7. The molecule has 0 fully saturated rings. The van der Waals surface area contributed by atoms with E-state index in [1.165, 1.54) is 6.07 Å². The molecule has 0 amide bonds. The van der Waals surface area contributed by atoms with Crippen LogP contribution in [0.25, 0.3) is 0 Å². The van der Waals surface area contributed by atoms with E-state index in [9.17, 15) is 4.39 Å².